The Morgan fingerprint density at radius 3 is 1.40 bits per heavy atom. The van der Waals surface area contributed by atoms with Crippen molar-refractivity contribution in [3.8, 4) is 11.5 Å². The molecule has 0 saturated heterocycles. The summed E-state index contributed by atoms with van der Waals surface area (Å²) in [7, 11) is 3.36. The average Bonchev–Trinajstić information content (AvgIpc) is 3.19. The summed E-state index contributed by atoms with van der Waals surface area (Å²) in [5.41, 5.74) is 7.35. The molecular weight excluding hydrogens is 689 g/mol. The lowest BCUT2D eigenvalue weighted by Gasteiger charge is -2.39. The summed E-state index contributed by atoms with van der Waals surface area (Å²) < 4.78 is 10.8. The molecule has 266 valence electrons. The number of para-hydroxylation sites is 2. The van der Waals surface area contributed by atoms with E-state index in [0.717, 1.165) is 57.0 Å². The Labute approximate surface area is 313 Å². The van der Waals surface area contributed by atoms with Crippen LogP contribution >= 0.6 is 23.5 Å². The summed E-state index contributed by atoms with van der Waals surface area (Å²) in [6, 6.07) is 39.9. The first kappa shape index (κ1) is 35.3. The highest BCUT2D eigenvalue weighted by Crippen LogP contribution is 2.37. The number of nitrogens with zero attached hydrogens (tertiary/aromatic N) is 2. The molecule has 0 fully saturated rings. The maximum absolute atomic E-state index is 13.9. The van der Waals surface area contributed by atoms with Gasteiger partial charge in [0.1, 0.15) is 23.8 Å². The SMILES string of the molecule is COc1cccc(CSCCN2C(=O)c3ccccc3NC2c2ccc(C3Nc4ccccc4C(=O)N3CCSCc3cccc(OC)c3)cc2)c1. The third kappa shape index (κ3) is 7.88. The Morgan fingerprint density at radius 2 is 0.981 bits per heavy atom. The molecule has 2 heterocycles. The standard InChI is InChI=1S/C42H42N4O4S2/c1-49-33-11-7-9-29(25-33)27-51-23-21-45-39(43-37-15-5-3-13-35(37)41(45)47)31-17-19-32(20-18-31)40-44-38-16-6-4-14-36(38)42(48)46(40)22-24-52-28-30-10-8-12-34(26-30)50-2/h3-20,25-26,39-40,43-44H,21-24,27-28H2,1-2H3. The summed E-state index contributed by atoms with van der Waals surface area (Å²) >= 11 is 3.59. The number of benzene rings is 5. The van der Waals surface area contributed by atoms with Crippen molar-refractivity contribution in [1.29, 1.82) is 0 Å². The molecule has 2 aliphatic heterocycles. The van der Waals surface area contributed by atoms with Gasteiger partial charge >= 0.3 is 0 Å². The second kappa shape index (κ2) is 16.5. The average molecular weight is 731 g/mol. The van der Waals surface area contributed by atoms with Gasteiger partial charge in [-0.2, -0.15) is 23.5 Å². The van der Waals surface area contributed by atoms with Crippen LogP contribution in [0, 0.1) is 0 Å². The normalized spacial score (nSPS) is 16.4. The van der Waals surface area contributed by atoms with Gasteiger partial charge in [-0.05, 0) is 70.8 Å². The van der Waals surface area contributed by atoms with Crippen molar-refractivity contribution in [2.45, 2.75) is 23.8 Å². The van der Waals surface area contributed by atoms with Gasteiger partial charge in [0.25, 0.3) is 11.8 Å². The third-order valence-corrected chi connectivity index (χ3v) is 11.4. The minimum Gasteiger partial charge on any atom is -0.497 e. The predicted octanol–water partition coefficient (Wildman–Crippen LogP) is 8.70. The van der Waals surface area contributed by atoms with Gasteiger partial charge in [-0.25, -0.2) is 0 Å². The van der Waals surface area contributed by atoms with Crippen LogP contribution in [0.1, 0.15) is 55.3 Å². The van der Waals surface area contributed by atoms with Crippen molar-refractivity contribution >= 4 is 46.7 Å². The van der Waals surface area contributed by atoms with Crippen molar-refractivity contribution in [2.24, 2.45) is 0 Å². The largest absolute Gasteiger partial charge is 0.497 e. The highest BCUT2D eigenvalue weighted by atomic mass is 32.2. The van der Waals surface area contributed by atoms with Crippen LogP contribution < -0.4 is 20.1 Å². The van der Waals surface area contributed by atoms with Gasteiger partial charge in [-0.3, -0.25) is 9.59 Å². The second-order valence-corrected chi connectivity index (χ2v) is 14.9. The molecule has 2 aliphatic rings. The van der Waals surface area contributed by atoms with Gasteiger partial charge in [-0.15, -0.1) is 0 Å². The maximum Gasteiger partial charge on any atom is 0.257 e. The molecule has 0 spiro atoms. The Balaban J connectivity index is 1.07. The fourth-order valence-corrected chi connectivity index (χ4v) is 8.43. The van der Waals surface area contributed by atoms with Crippen LogP contribution in [0.4, 0.5) is 11.4 Å². The van der Waals surface area contributed by atoms with E-state index < -0.39 is 0 Å². The van der Waals surface area contributed by atoms with Gasteiger partial charge < -0.3 is 29.9 Å². The van der Waals surface area contributed by atoms with E-state index in [1.807, 2.05) is 82.6 Å². The quantitative estimate of drug-likeness (QED) is 0.110. The zero-order chi connectivity index (χ0) is 35.9. The van der Waals surface area contributed by atoms with E-state index in [2.05, 4.69) is 59.2 Å². The lowest BCUT2D eigenvalue weighted by molar-refractivity contribution is 0.0687. The minimum absolute atomic E-state index is 0.0131. The summed E-state index contributed by atoms with van der Waals surface area (Å²) in [4.78, 5) is 31.7. The summed E-state index contributed by atoms with van der Waals surface area (Å²) in [6.07, 6.45) is -0.667. The predicted molar refractivity (Wildman–Crippen MR) is 212 cm³/mol. The third-order valence-electron chi connectivity index (χ3n) is 9.37. The molecule has 52 heavy (non-hydrogen) atoms. The molecular formula is C42H42N4O4S2. The van der Waals surface area contributed by atoms with Gasteiger partial charge in [0, 0.05) is 47.5 Å². The summed E-state index contributed by atoms with van der Waals surface area (Å²) in [5.74, 6) is 4.93. The summed E-state index contributed by atoms with van der Waals surface area (Å²) in [6.45, 7) is 1.16. The molecule has 0 radical (unpaired) electrons. The monoisotopic (exact) mass is 730 g/mol. The van der Waals surface area contributed by atoms with Gasteiger partial charge in [0.05, 0.1) is 25.3 Å². The molecule has 0 aromatic heterocycles. The van der Waals surface area contributed by atoms with Crippen molar-refractivity contribution in [1.82, 2.24) is 9.80 Å². The number of thioether (sulfide) groups is 2. The number of amides is 2. The van der Waals surface area contributed by atoms with Crippen LogP contribution in [0.5, 0.6) is 11.5 Å². The van der Waals surface area contributed by atoms with E-state index in [9.17, 15) is 9.59 Å². The number of hydrogen-bond donors (Lipinski definition) is 2. The van der Waals surface area contributed by atoms with E-state index in [1.165, 1.54) is 11.1 Å². The van der Waals surface area contributed by atoms with Crippen molar-refractivity contribution < 1.29 is 19.1 Å². The molecule has 2 amide bonds. The van der Waals surface area contributed by atoms with E-state index in [0.29, 0.717) is 24.2 Å². The van der Waals surface area contributed by atoms with Gasteiger partial charge in [-0.1, -0.05) is 72.8 Å². The highest BCUT2D eigenvalue weighted by molar-refractivity contribution is 7.98. The Hall–Kier alpha value is -5.06. The van der Waals surface area contributed by atoms with E-state index in [-0.39, 0.29) is 24.1 Å². The van der Waals surface area contributed by atoms with E-state index in [4.69, 9.17) is 9.47 Å². The molecule has 2 atom stereocenters. The molecule has 5 aromatic carbocycles. The smallest absolute Gasteiger partial charge is 0.257 e. The van der Waals surface area contributed by atoms with Crippen LogP contribution in [-0.4, -0.2) is 60.4 Å². The topological polar surface area (TPSA) is 83.1 Å². The fourth-order valence-electron chi connectivity index (χ4n) is 6.66. The molecule has 0 aliphatic carbocycles. The first-order chi connectivity index (χ1) is 25.5. The van der Waals surface area contributed by atoms with Crippen molar-refractivity contribution in [2.75, 3.05) is 49.4 Å². The molecule has 8 nitrogen and oxygen atoms in total. The number of nitrogens with one attached hydrogen (secondary N) is 2. The molecule has 2 N–H and O–H groups in total. The Morgan fingerprint density at radius 1 is 0.558 bits per heavy atom. The fraction of sp³-hybridized carbons (Fsp3) is 0.238. The lowest BCUT2D eigenvalue weighted by Crippen LogP contribution is -2.44. The number of anilines is 2. The summed E-state index contributed by atoms with van der Waals surface area (Å²) in [5, 5.41) is 7.28. The van der Waals surface area contributed by atoms with Crippen LogP contribution in [0.2, 0.25) is 0 Å². The molecule has 2 unspecified atom stereocenters. The number of rotatable bonds is 14. The van der Waals surface area contributed by atoms with Crippen LogP contribution in [0.15, 0.2) is 121 Å². The number of carbonyl (C=O) groups is 2. The van der Waals surface area contributed by atoms with E-state index in [1.54, 1.807) is 37.7 Å². The molecule has 10 heteroatoms. The molecule has 5 aromatic rings. The Kier molecular flexibility index (Phi) is 11.2. The molecule has 0 saturated carbocycles. The number of ether oxygens (including phenoxy) is 2. The first-order valence-electron chi connectivity index (χ1n) is 17.4. The van der Waals surface area contributed by atoms with Crippen LogP contribution in [0.3, 0.4) is 0 Å². The minimum atomic E-state index is -0.334. The lowest BCUT2D eigenvalue weighted by atomic mass is 10.00. The number of carbonyl (C=O) groups excluding carboxylic acids is 2. The van der Waals surface area contributed by atoms with Crippen LogP contribution in [0.25, 0.3) is 0 Å². The van der Waals surface area contributed by atoms with Crippen LogP contribution in [-0.2, 0) is 11.5 Å². The Bertz CT molecular complexity index is 1880. The highest BCUT2D eigenvalue weighted by Gasteiger charge is 2.35. The molecule has 7 rings (SSSR count). The molecule has 0 bridgehead atoms. The maximum atomic E-state index is 13.9. The zero-order valence-corrected chi connectivity index (χ0v) is 30.9. The number of methoxy groups -OCH3 is 2. The van der Waals surface area contributed by atoms with Crippen molar-refractivity contribution in [3.63, 3.8) is 0 Å². The number of fused-ring (bicyclic) bond motifs is 2. The second-order valence-electron chi connectivity index (χ2n) is 12.7. The first-order valence-corrected chi connectivity index (χ1v) is 19.7. The van der Waals surface area contributed by atoms with E-state index >= 15 is 0 Å². The van der Waals surface area contributed by atoms with Gasteiger partial charge in [0.15, 0.2) is 0 Å². The van der Waals surface area contributed by atoms with Crippen molar-refractivity contribution in [3.05, 3.63) is 155 Å². The zero-order valence-electron chi connectivity index (χ0n) is 29.3. The van der Waals surface area contributed by atoms with Gasteiger partial charge in [0.2, 0.25) is 0 Å². The number of hydrogen-bond acceptors (Lipinski definition) is 8.